The van der Waals surface area contributed by atoms with Crippen LogP contribution in [0, 0.1) is 29.1 Å². The minimum absolute atomic E-state index is 0.101. The fourth-order valence-corrected chi connectivity index (χ4v) is 8.72. The number of pyridine rings is 1. The lowest BCUT2D eigenvalue weighted by atomic mass is 9.61. The lowest BCUT2D eigenvalue weighted by Crippen LogP contribution is -2.58. The third kappa shape index (κ3) is 4.72. The number of nitriles is 1. The van der Waals surface area contributed by atoms with E-state index < -0.39 is 69.4 Å². The molecule has 0 N–H and O–H groups in total. The molecule has 1 aliphatic carbocycles. The van der Waals surface area contributed by atoms with Crippen LogP contribution >= 0.6 is 0 Å². The fourth-order valence-electron chi connectivity index (χ4n) is 6.19. The highest BCUT2D eigenvalue weighted by Gasteiger charge is 2.72. The molecule has 1 aromatic carbocycles. The van der Waals surface area contributed by atoms with E-state index in [2.05, 4.69) is 11.1 Å². The number of benzene rings is 1. The van der Waals surface area contributed by atoms with Crippen LogP contribution in [0.25, 0.3) is 17.2 Å². The minimum atomic E-state index is -4.95. The number of esters is 1. The van der Waals surface area contributed by atoms with Gasteiger partial charge < -0.3 is 14.6 Å². The van der Waals surface area contributed by atoms with E-state index in [1.165, 1.54) is 39.1 Å². The van der Waals surface area contributed by atoms with Crippen LogP contribution < -0.4 is 5.11 Å². The Balaban J connectivity index is 1.77. The van der Waals surface area contributed by atoms with E-state index in [0.29, 0.717) is 22.4 Å². The molecule has 0 spiro atoms. The van der Waals surface area contributed by atoms with Gasteiger partial charge in [-0.25, -0.2) is 17.2 Å². The molecule has 1 amide bonds. The van der Waals surface area contributed by atoms with Gasteiger partial charge in [-0.05, 0) is 38.0 Å². The number of nitrogens with zero attached hydrogens (tertiary/aromatic N) is 3. The van der Waals surface area contributed by atoms with E-state index in [9.17, 15) is 28.4 Å². The van der Waals surface area contributed by atoms with Gasteiger partial charge in [0, 0.05) is 41.6 Å². The molecule has 2 aromatic rings. The van der Waals surface area contributed by atoms with Gasteiger partial charge in [0.2, 0.25) is 10.0 Å². The zero-order valence-corrected chi connectivity index (χ0v) is 22.9. The predicted octanol–water partition coefficient (Wildman–Crippen LogP) is 3.61. The normalized spacial score (nSPS) is 28.6. The van der Waals surface area contributed by atoms with Crippen molar-refractivity contribution in [3.63, 3.8) is 0 Å². The zero-order chi connectivity index (χ0) is 29.5. The average Bonchev–Trinajstić information content (AvgIpc) is 3.05. The number of carbonyl (C=O) groups excluding carboxylic acids is 2. The first-order valence-corrected chi connectivity index (χ1v) is 14.2. The molecule has 5 unspecified atom stereocenters. The molecule has 5 atom stereocenters. The van der Waals surface area contributed by atoms with Crippen molar-refractivity contribution in [2.75, 3.05) is 6.61 Å². The molecule has 1 aliphatic heterocycles. The highest BCUT2D eigenvalue weighted by molar-refractivity contribution is 7.91. The van der Waals surface area contributed by atoms with Crippen LogP contribution in [0.5, 0.6) is 0 Å². The Bertz CT molecular complexity index is 1490. The zero-order valence-electron chi connectivity index (χ0n) is 22.1. The number of fused-ring (bicyclic) bond motifs is 1. The van der Waals surface area contributed by atoms with Gasteiger partial charge in [-0.15, -0.1) is 0 Å². The summed E-state index contributed by atoms with van der Waals surface area (Å²) in [4.78, 5) is 28.8. The third-order valence-electron chi connectivity index (χ3n) is 8.03. The largest absolute Gasteiger partial charge is 0.529 e. The Kier molecular flexibility index (Phi) is 7.73. The highest BCUT2D eigenvalue weighted by atomic mass is 32.2. The summed E-state index contributed by atoms with van der Waals surface area (Å²) in [6.07, 6.45) is 0.229. The third-order valence-corrected chi connectivity index (χ3v) is 10.6. The van der Waals surface area contributed by atoms with E-state index in [4.69, 9.17) is 4.74 Å². The quantitative estimate of drug-likeness (QED) is 0.478. The summed E-state index contributed by atoms with van der Waals surface area (Å²) in [7, 11) is -4.95. The van der Waals surface area contributed by atoms with Crippen LogP contribution in [0.15, 0.2) is 48.7 Å². The molecular weight excluding hydrogens is 544 g/mol. The molecule has 1 saturated carbocycles. The van der Waals surface area contributed by atoms with Crippen molar-refractivity contribution in [2.24, 2.45) is 17.8 Å². The summed E-state index contributed by atoms with van der Waals surface area (Å²) in [5.74, 6) is -8.28. The van der Waals surface area contributed by atoms with Crippen molar-refractivity contribution in [1.82, 2.24) is 9.29 Å². The van der Waals surface area contributed by atoms with Gasteiger partial charge in [0.05, 0.1) is 30.4 Å². The smallest absolute Gasteiger partial charge is 0.307 e. The maximum Gasteiger partial charge on any atom is 0.307 e. The molecule has 1 saturated heterocycles. The Morgan fingerprint density at radius 3 is 2.55 bits per heavy atom. The first kappa shape index (κ1) is 29.1. The second-order valence-corrected chi connectivity index (χ2v) is 12.3. The van der Waals surface area contributed by atoms with Gasteiger partial charge in [-0.1, -0.05) is 37.3 Å². The number of sulfonamides is 1. The molecule has 2 fully saturated rings. The summed E-state index contributed by atoms with van der Waals surface area (Å²) in [5, 5.41) is 21.3. The summed E-state index contributed by atoms with van der Waals surface area (Å²) in [6.45, 7) is 3.99. The number of carboxylic acid groups (broad SMARTS) is 1. The fraction of sp³-hybridized carbons (Fsp3) is 0.429. The number of hydrogen-bond donors (Lipinski definition) is 0. The maximum absolute atomic E-state index is 15.5. The number of hydrogen-bond acceptors (Lipinski definition) is 8. The number of amides is 1. The summed E-state index contributed by atoms with van der Waals surface area (Å²) in [5.41, 5.74) is 2.17. The number of ether oxygens (including phenoxy) is 1. The Morgan fingerprint density at radius 2 is 1.95 bits per heavy atom. The van der Waals surface area contributed by atoms with Crippen LogP contribution in [-0.4, -0.2) is 53.1 Å². The molecule has 2 aliphatic rings. The highest BCUT2D eigenvalue weighted by Crippen LogP contribution is 2.60. The van der Waals surface area contributed by atoms with E-state index >= 15 is 8.78 Å². The molecule has 9 nitrogen and oxygen atoms in total. The van der Waals surface area contributed by atoms with Crippen LogP contribution in [0.3, 0.4) is 0 Å². The van der Waals surface area contributed by atoms with Crippen molar-refractivity contribution >= 4 is 28.2 Å². The van der Waals surface area contributed by atoms with E-state index in [1.54, 1.807) is 36.4 Å². The van der Waals surface area contributed by atoms with Gasteiger partial charge in [-0.2, -0.15) is 5.26 Å². The number of rotatable bonds is 6. The van der Waals surface area contributed by atoms with Crippen molar-refractivity contribution in [1.29, 1.82) is 5.26 Å². The van der Waals surface area contributed by atoms with E-state index in [-0.39, 0.29) is 10.9 Å². The number of halogens is 2. The van der Waals surface area contributed by atoms with Gasteiger partial charge in [-0.3, -0.25) is 14.1 Å². The summed E-state index contributed by atoms with van der Waals surface area (Å²) in [6, 6.07) is 11.1. The Morgan fingerprint density at radius 1 is 1.25 bits per heavy atom. The molecule has 1 aromatic heterocycles. The Labute approximate surface area is 231 Å². The number of allylic oxidation sites excluding steroid dienone is 1. The van der Waals surface area contributed by atoms with Crippen molar-refractivity contribution in [3.05, 3.63) is 59.9 Å². The first-order valence-electron chi connectivity index (χ1n) is 12.7. The number of carbonyl (C=O) groups is 2. The van der Waals surface area contributed by atoms with Crippen LogP contribution in [0.2, 0.25) is 0 Å². The second kappa shape index (κ2) is 10.6. The predicted molar refractivity (Wildman–Crippen MR) is 139 cm³/mol. The average molecular weight is 573 g/mol. The second-order valence-electron chi connectivity index (χ2n) is 10.2. The van der Waals surface area contributed by atoms with Crippen molar-refractivity contribution < 1.29 is 36.6 Å². The molecule has 0 bridgehead atoms. The summed E-state index contributed by atoms with van der Waals surface area (Å²) < 4.78 is 60.8. The van der Waals surface area contributed by atoms with Crippen molar-refractivity contribution in [2.45, 2.75) is 50.3 Å². The molecular formula is C28H28F2N3O6S-. The van der Waals surface area contributed by atoms with Gasteiger partial charge in [0.1, 0.15) is 4.75 Å². The monoisotopic (exact) mass is 572 g/mol. The number of aromatic nitrogens is 1. The number of alkyl halides is 2. The van der Waals surface area contributed by atoms with Crippen molar-refractivity contribution in [3.8, 4) is 17.2 Å². The SMILES string of the molecule is CCOC(=O)CC12CC(F)(F)C(C)C(/C=C/c3ccc(-c4ccccc4C#N)cn3)C1C(C)N(C(=O)[O-])S2(=O)=O. The van der Waals surface area contributed by atoms with Gasteiger partial charge in [0.15, 0.2) is 6.09 Å². The van der Waals surface area contributed by atoms with E-state index in [0.717, 1.165) is 0 Å². The van der Waals surface area contributed by atoms with Gasteiger partial charge in [0.25, 0.3) is 5.92 Å². The molecule has 4 rings (SSSR count). The molecule has 2 heterocycles. The first-order chi connectivity index (χ1) is 18.8. The van der Waals surface area contributed by atoms with Crippen LogP contribution in [0.1, 0.15) is 44.9 Å². The Hall–Kier alpha value is -3.85. The molecule has 0 radical (unpaired) electrons. The lowest BCUT2D eigenvalue weighted by molar-refractivity contribution is -0.261. The van der Waals surface area contributed by atoms with Gasteiger partial charge >= 0.3 is 5.97 Å². The molecule has 212 valence electrons. The van der Waals surface area contributed by atoms with Crippen LogP contribution in [0.4, 0.5) is 13.6 Å². The topological polar surface area (TPSA) is 140 Å². The standard InChI is InChI=1S/C28H29F2N3O6S/c1-4-39-24(34)13-27-16-28(29,30)17(2)22(25(27)18(3)33(26(35)36)40(27,37)38)12-11-21-10-9-20(15-32-21)23-8-6-5-7-19(23)14-31/h5-12,15,17-18,22,25H,4,13,16H2,1-3H3,(H,35,36)/p-1/b12-11+. The van der Waals surface area contributed by atoms with E-state index in [1.807, 2.05) is 0 Å². The molecule has 40 heavy (non-hydrogen) atoms. The van der Waals surface area contributed by atoms with Crippen LogP contribution in [-0.2, 0) is 19.6 Å². The maximum atomic E-state index is 15.5. The minimum Gasteiger partial charge on any atom is -0.529 e. The molecule has 12 heteroatoms. The summed E-state index contributed by atoms with van der Waals surface area (Å²) >= 11 is 0. The lowest BCUT2D eigenvalue weighted by Gasteiger charge is -2.48.